The molecule has 0 radical (unpaired) electrons. The molecule has 1 aliphatic rings. The maximum Gasteiger partial charge on any atom is 0.362 e. The minimum absolute atomic E-state index is 0.867. The summed E-state index contributed by atoms with van der Waals surface area (Å²) in [4.78, 5) is 0. The van der Waals surface area contributed by atoms with Crippen molar-refractivity contribution in [3.63, 3.8) is 0 Å². The van der Waals surface area contributed by atoms with Crippen molar-refractivity contribution in [3.05, 3.63) is 30.3 Å². The molecule has 0 amide bonds. The van der Waals surface area contributed by atoms with Crippen molar-refractivity contribution in [3.8, 4) is 0 Å². The highest BCUT2D eigenvalue weighted by Gasteiger charge is 2.44. The first-order valence-electron chi connectivity index (χ1n) is 6.42. The van der Waals surface area contributed by atoms with Crippen LogP contribution in [0.5, 0.6) is 0 Å². The normalized spacial score (nSPS) is 25.8. The third-order valence-electron chi connectivity index (χ3n) is 2.92. The molecular formula is C13H22O2Si2. The van der Waals surface area contributed by atoms with E-state index in [9.17, 15) is 0 Å². The average molecular weight is 266 g/mol. The van der Waals surface area contributed by atoms with Gasteiger partial charge in [-0.15, -0.1) is 0 Å². The smallest absolute Gasteiger partial charge is 0.362 e. The van der Waals surface area contributed by atoms with Crippen LogP contribution in [0.1, 0.15) is 12.8 Å². The Labute approximate surface area is 106 Å². The van der Waals surface area contributed by atoms with Crippen molar-refractivity contribution in [2.75, 3.05) is 6.61 Å². The Morgan fingerprint density at radius 2 is 1.82 bits per heavy atom. The molecule has 1 aromatic rings. The Hall–Kier alpha value is -0.426. The maximum absolute atomic E-state index is 6.51. The summed E-state index contributed by atoms with van der Waals surface area (Å²) in [7, 11) is -3.70. The van der Waals surface area contributed by atoms with E-state index in [1.54, 1.807) is 0 Å². The van der Waals surface area contributed by atoms with E-state index in [0.717, 1.165) is 12.7 Å². The van der Waals surface area contributed by atoms with Crippen LogP contribution in [0.3, 0.4) is 0 Å². The number of hydrogen-bond donors (Lipinski definition) is 0. The fraction of sp³-hybridized carbons (Fsp3) is 0.538. The number of rotatable bonds is 3. The van der Waals surface area contributed by atoms with Crippen molar-refractivity contribution in [1.29, 1.82) is 0 Å². The van der Waals surface area contributed by atoms with E-state index in [0.29, 0.717) is 0 Å². The van der Waals surface area contributed by atoms with Gasteiger partial charge in [0, 0.05) is 6.61 Å². The summed E-state index contributed by atoms with van der Waals surface area (Å²) in [6.45, 7) is 7.62. The Balaban J connectivity index is 2.30. The molecule has 0 saturated carbocycles. The Bertz CT molecular complexity index is 353. The van der Waals surface area contributed by atoms with Gasteiger partial charge in [-0.1, -0.05) is 30.3 Å². The minimum atomic E-state index is -2.13. The molecular weight excluding hydrogens is 244 g/mol. The van der Waals surface area contributed by atoms with Crippen LogP contribution in [0.2, 0.25) is 25.7 Å². The molecule has 0 aliphatic carbocycles. The summed E-state index contributed by atoms with van der Waals surface area (Å²) >= 11 is 0. The van der Waals surface area contributed by atoms with Gasteiger partial charge in [0.15, 0.2) is 8.32 Å². The molecule has 1 fully saturated rings. The van der Waals surface area contributed by atoms with Crippen molar-refractivity contribution in [2.45, 2.75) is 38.5 Å². The van der Waals surface area contributed by atoms with E-state index >= 15 is 0 Å². The molecule has 0 aromatic heterocycles. The van der Waals surface area contributed by atoms with Crippen molar-refractivity contribution >= 4 is 22.1 Å². The van der Waals surface area contributed by atoms with Crippen LogP contribution in [0.15, 0.2) is 30.3 Å². The van der Waals surface area contributed by atoms with Crippen LogP contribution >= 0.6 is 0 Å². The summed E-state index contributed by atoms with van der Waals surface area (Å²) < 4.78 is 12.7. The SMILES string of the molecule is C[Si](C)(C)O[Si]1(c2ccccc2)CCCCO1. The molecule has 2 nitrogen and oxygen atoms in total. The zero-order chi connectivity index (χ0) is 12.4. The first-order valence-corrected chi connectivity index (χ1v) is 11.8. The van der Waals surface area contributed by atoms with Gasteiger partial charge in [-0.25, -0.2) is 0 Å². The van der Waals surface area contributed by atoms with Crippen molar-refractivity contribution in [2.24, 2.45) is 0 Å². The van der Waals surface area contributed by atoms with Crippen LogP contribution in [0.25, 0.3) is 0 Å². The second-order valence-corrected chi connectivity index (χ2v) is 13.6. The first-order chi connectivity index (χ1) is 8.02. The van der Waals surface area contributed by atoms with Gasteiger partial charge in [0.25, 0.3) is 0 Å². The molecule has 1 aromatic carbocycles. The molecule has 94 valence electrons. The molecule has 1 saturated heterocycles. The van der Waals surface area contributed by atoms with Gasteiger partial charge in [0.1, 0.15) is 0 Å². The fourth-order valence-corrected chi connectivity index (χ4v) is 9.88. The lowest BCUT2D eigenvalue weighted by atomic mass is 10.3. The molecule has 1 unspecified atom stereocenters. The third-order valence-corrected chi connectivity index (χ3v) is 9.58. The van der Waals surface area contributed by atoms with Gasteiger partial charge < -0.3 is 8.54 Å². The van der Waals surface area contributed by atoms with Gasteiger partial charge in [-0.2, -0.15) is 0 Å². The summed E-state index contributed by atoms with van der Waals surface area (Å²) in [6.07, 6.45) is 2.42. The predicted octanol–water partition coefficient (Wildman–Crippen LogP) is 3.00. The zero-order valence-corrected chi connectivity index (χ0v) is 13.0. The van der Waals surface area contributed by atoms with Crippen LogP contribution in [0.4, 0.5) is 0 Å². The molecule has 1 heterocycles. The maximum atomic E-state index is 6.51. The van der Waals surface area contributed by atoms with Gasteiger partial charge in [0.2, 0.25) is 0 Å². The molecule has 1 atom stereocenters. The highest BCUT2D eigenvalue weighted by molar-refractivity contribution is 6.89. The quantitative estimate of drug-likeness (QED) is 0.783. The second kappa shape index (κ2) is 5.06. The summed E-state index contributed by atoms with van der Waals surface area (Å²) in [6, 6.07) is 11.7. The van der Waals surface area contributed by atoms with Crippen molar-refractivity contribution in [1.82, 2.24) is 0 Å². The molecule has 17 heavy (non-hydrogen) atoms. The molecule has 1 aliphatic heterocycles. The Morgan fingerprint density at radius 3 is 2.35 bits per heavy atom. The van der Waals surface area contributed by atoms with Gasteiger partial charge in [0.05, 0.1) is 0 Å². The summed E-state index contributed by atoms with van der Waals surface area (Å²) in [5, 5.41) is 1.31. The largest absolute Gasteiger partial charge is 0.433 e. The van der Waals surface area contributed by atoms with E-state index in [1.807, 2.05) is 0 Å². The highest BCUT2D eigenvalue weighted by Crippen LogP contribution is 2.26. The van der Waals surface area contributed by atoms with Crippen LogP contribution in [-0.2, 0) is 8.54 Å². The lowest BCUT2D eigenvalue weighted by Gasteiger charge is -2.39. The summed E-state index contributed by atoms with van der Waals surface area (Å²) in [5.74, 6) is 0. The van der Waals surface area contributed by atoms with E-state index in [2.05, 4.69) is 50.0 Å². The van der Waals surface area contributed by atoms with E-state index in [-0.39, 0.29) is 0 Å². The van der Waals surface area contributed by atoms with Gasteiger partial charge in [-0.3, -0.25) is 0 Å². The van der Waals surface area contributed by atoms with Crippen molar-refractivity contribution < 1.29 is 8.54 Å². The number of benzene rings is 1. The Morgan fingerprint density at radius 1 is 1.12 bits per heavy atom. The van der Waals surface area contributed by atoms with Gasteiger partial charge >= 0.3 is 8.56 Å². The van der Waals surface area contributed by atoms with E-state index in [1.165, 1.54) is 18.0 Å². The third kappa shape index (κ3) is 3.28. The topological polar surface area (TPSA) is 18.5 Å². The van der Waals surface area contributed by atoms with Crippen LogP contribution in [0, 0.1) is 0 Å². The molecule has 2 rings (SSSR count). The Kier molecular flexibility index (Phi) is 3.87. The second-order valence-electron chi connectivity index (χ2n) is 5.64. The highest BCUT2D eigenvalue weighted by atomic mass is 28.4. The monoisotopic (exact) mass is 266 g/mol. The predicted molar refractivity (Wildman–Crippen MR) is 76.3 cm³/mol. The zero-order valence-electron chi connectivity index (χ0n) is 11.0. The summed E-state index contributed by atoms with van der Waals surface area (Å²) in [5.41, 5.74) is 0. The van der Waals surface area contributed by atoms with E-state index < -0.39 is 16.9 Å². The van der Waals surface area contributed by atoms with E-state index in [4.69, 9.17) is 8.54 Å². The van der Waals surface area contributed by atoms with Gasteiger partial charge in [-0.05, 0) is 43.7 Å². The minimum Gasteiger partial charge on any atom is -0.433 e. The molecule has 0 N–H and O–H groups in total. The first kappa shape index (κ1) is 13.0. The molecule has 0 bridgehead atoms. The molecule has 0 spiro atoms. The molecule has 4 heteroatoms. The average Bonchev–Trinajstić information content (AvgIpc) is 2.29. The number of hydrogen-bond acceptors (Lipinski definition) is 2. The lowest BCUT2D eigenvalue weighted by Crippen LogP contribution is -2.59. The lowest BCUT2D eigenvalue weighted by molar-refractivity contribution is 0.219. The standard InChI is InChI=1S/C13H22O2Si2/c1-16(2,3)15-17(12-8-7-11-14-17)13-9-5-4-6-10-13/h4-6,9-10H,7-8,11-12H2,1-3H3. The van der Waals surface area contributed by atoms with Crippen LogP contribution in [-0.4, -0.2) is 23.5 Å². The fourth-order valence-electron chi connectivity index (χ4n) is 2.32. The van der Waals surface area contributed by atoms with Crippen LogP contribution < -0.4 is 5.19 Å².